The third-order valence-corrected chi connectivity index (χ3v) is 4.08. The van der Waals surface area contributed by atoms with Gasteiger partial charge in [-0.2, -0.15) is 8.78 Å². The number of carbonyl (C=O) groups is 2. The fourth-order valence-corrected chi connectivity index (χ4v) is 3.23. The lowest BCUT2D eigenvalue weighted by Crippen LogP contribution is -2.34. The van der Waals surface area contributed by atoms with Crippen LogP contribution in [0.1, 0.15) is 0 Å². The van der Waals surface area contributed by atoms with Crippen molar-refractivity contribution >= 4 is 49.4 Å². The van der Waals surface area contributed by atoms with Gasteiger partial charge >= 0.3 is 6.61 Å². The van der Waals surface area contributed by atoms with Crippen LogP contribution in [0.5, 0.6) is 5.75 Å². The Morgan fingerprint density at radius 2 is 1.87 bits per heavy atom. The average Bonchev–Trinajstić information content (AvgIpc) is 2.70. The number of imide groups is 1. The number of β-amino-alcohol motifs (C(OH)–C–C–N with tert-alkyl or cyclic N) is 1. The Labute approximate surface area is 146 Å². The number of rotatable bonds is 6. The van der Waals surface area contributed by atoms with E-state index in [9.17, 15) is 18.4 Å². The molecule has 6 nitrogen and oxygen atoms in total. The van der Waals surface area contributed by atoms with Crippen LogP contribution < -0.4 is 10.1 Å². The fourth-order valence-electron chi connectivity index (χ4n) is 1.88. The molecule has 23 heavy (non-hydrogen) atoms. The van der Waals surface area contributed by atoms with Crippen LogP contribution in [-0.4, -0.2) is 41.6 Å². The standard InChI is InChI=1S/C13H10Br2F2N2O4/c14-7-3-6(23-13(16)17)4-8(15)11(7)18-9-5-10(21)19(1-2-20)12(9)22/h3-5,13,18,20H,1-2H2. The Morgan fingerprint density at radius 3 is 2.39 bits per heavy atom. The summed E-state index contributed by atoms with van der Waals surface area (Å²) in [7, 11) is 0. The topological polar surface area (TPSA) is 78.9 Å². The number of halogens is 4. The number of hydrogen-bond donors (Lipinski definition) is 2. The van der Waals surface area contributed by atoms with Gasteiger partial charge in [-0.25, -0.2) is 0 Å². The van der Waals surface area contributed by atoms with Crippen molar-refractivity contribution in [1.82, 2.24) is 4.90 Å². The minimum Gasteiger partial charge on any atom is -0.435 e. The average molecular weight is 456 g/mol. The smallest absolute Gasteiger partial charge is 0.387 e. The molecule has 2 N–H and O–H groups in total. The zero-order valence-corrected chi connectivity index (χ0v) is 14.5. The first-order valence-corrected chi connectivity index (χ1v) is 7.81. The van der Waals surface area contributed by atoms with Crippen molar-refractivity contribution in [1.29, 1.82) is 0 Å². The second-order valence-electron chi connectivity index (χ2n) is 4.34. The molecule has 2 amide bonds. The van der Waals surface area contributed by atoms with Crippen molar-refractivity contribution in [2.75, 3.05) is 18.5 Å². The molecule has 0 radical (unpaired) electrons. The van der Waals surface area contributed by atoms with E-state index in [1.54, 1.807) is 0 Å². The van der Waals surface area contributed by atoms with E-state index >= 15 is 0 Å². The summed E-state index contributed by atoms with van der Waals surface area (Å²) in [4.78, 5) is 24.6. The van der Waals surface area contributed by atoms with E-state index in [4.69, 9.17) is 5.11 Å². The number of carbonyl (C=O) groups excluding carboxylic acids is 2. The number of benzene rings is 1. The molecule has 1 aromatic rings. The third-order valence-electron chi connectivity index (χ3n) is 2.83. The number of aliphatic hydroxyl groups excluding tert-OH is 1. The van der Waals surface area contributed by atoms with E-state index < -0.39 is 18.4 Å². The van der Waals surface area contributed by atoms with Gasteiger partial charge in [0, 0.05) is 15.0 Å². The Balaban J connectivity index is 2.23. The normalized spacial score (nSPS) is 14.5. The molecule has 1 aliphatic heterocycles. The summed E-state index contributed by atoms with van der Waals surface area (Å²) in [5.41, 5.74) is 0.372. The molecule has 0 spiro atoms. The number of ether oxygens (including phenoxy) is 1. The van der Waals surface area contributed by atoms with Gasteiger partial charge < -0.3 is 15.2 Å². The van der Waals surface area contributed by atoms with Gasteiger partial charge in [-0.1, -0.05) is 0 Å². The van der Waals surface area contributed by atoms with E-state index in [0.717, 1.165) is 11.0 Å². The molecule has 0 aliphatic carbocycles. The molecule has 0 bridgehead atoms. The molecule has 0 saturated carbocycles. The number of nitrogens with one attached hydrogen (secondary N) is 1. The largest absolute Gasteiger partial charge is 0.435 e. The Hall–Kier alpha value is -1.52. The van der Waals surface area contributed by atoms with Gasteiger partial charge in [-0.05, 0) is 44.0 Å². The van der Waals surface area contributed by atoms with Crippen LogP contribution >= 0.6 is 31.9 Å². The first kappa shape index (κ1) is 17.8. The second-order valence-corrected chi connectivity index (χ2v) is 6.05. The molecule has 124 valence electrons. The number of hydrogen-bond acceptors (Lipinski definition) is 5. The van der Waals surface area contributed by atoms with E-state index in [0.29, 0.717) is 14.6 Å². The predicted molar refractivity (Wildman–Crippen MR) is 84.0 cm³/mol. The molecule has 0 fully saturated rings. The van der Waals surface area contributed by atoms with E-state index in [1.165, 1.54) is 12.1 Å². The van der Waals surface area contributed by atoms with Crippen molar-refractivity contribution in [3.05, 3.63) is 32.9 Å². The molecule has 0 atom stereocenters. The first-order chi connectivity index (χ1) is 10.8. The van der Waals surface area contributed by atoms with Crippen molar-refractivity contribution in [3.8, 4) is 5.75 Å². The molecule has 2 rings (SSSR count). The molecule has 0 unspecified atom stereocenters. The zero-order chi connectivity index (χ0) is 17.1. The highest BCUT2D eigenvalue weighted by atomic mass is 79.9. The predicted octanol–water partition coefficient (Wildman–Crippen LogP) is 2.47. The van der Waals surface area contributed by atoms with Crippen molar-refractivity contribution < 1.29 is 28.2 Å². The summed E-state index contributed by atoms with van der Waals surface area (Å²) in [5.74, 6) is -1.21. The summed E-state index contributed by atoms with van der Waals surface area (Å²) in [6, 6.07) is 2.60. The number of aliphatic hydroxyl groups is 1. The quantitative estimate of drug-likeness (QED) is 0.644. The lowest BCUT2D eigenvalue weighted by atomic mass is 10.3. The highest BCUT2D eigenvalue weighted by Crippen LogP contribution is 2.37. The van der Waals surface area contributed by atoms with Gasteiger partial charge in [0.2, 0.25) is 0 Å². The van der Waals surface area contributed by atoms with Crippen molar-refractivity contribution in [3.63, 3.8) is 0 Å². The van der Waals surface area contributed by atoms with E-state index in [2.05, 4.69) is 41.9 Å². The molecular formula is C13H10Br2F2N2O4. The van der Waals surface area contributed by atoms with Gasteiger partial charge in [0.25, 0.3) is 11.8 Å². The summed E-state index contributed by atoms with van der Waals surface area (Å²) in [6.45, 7) is -3.41. The number of alkyl halides is 2. The van der Waals surface area contributed by atoms with Gasteiger partial charge in [0.05, 0.1) is 18.8 Å². The maximum absolute atomic E-state index is 12.2. The van der Waals surface area contributed by atoms with E-state index in [-0.39, 0.29) is 24.6 Å². The van der Waals surface area contributed by atoms with Gasteiger partial charge in [0.1, 0.15) is 11.4 Å². The highest BCUT2D eigenvalue weighted by molar-refractivity contribution is 9.11. The van der Waals surface area contributed by atoms with Crippen molar-refractivity contribution in [2.24, 2.45) is 0 Å². The molecule has 0 aromatic heterocycles. The first-order valence-electron chi connectivity index (χ1n) is 6.22. The Morgan fingerprint density at radius 1 is 1.26 bits per heavy atom. The monoisotopic (exact) mass is 454 g/mol. The lowest BCUT2D eigenvalue weighted by molar-refractivity contribution is -0.137. The summed E-state index contributed by atoms with van der Waals surface area (Å²) >= 11 is 6.36. The Kier molecular flexibility index (Phi) is 5.71. The third kappa shape index (κ3) is 4.06. The molecule has 1 aromatic carbocycles. The SMILES string of the molecule is O=C1C=C(Nc2c(Br)cc(OC(F)F)cc2Br)C(=O)N1CCO. The van der Waals surface area contributed by atoms with Gasteiger partial charge in [0.15, 0.2) is 0 Å². The van der Waals surface area contributed by atoms with Gasteiger partial charge in [-0.15, -0.1) is 0 Å². The van der Waals surface area contributed by atoms with Crippen LogP contribution in [0.25, 0.3) is 0 Å². The summed E-state index contributed by atoms with van der Waals surface area (Å²) in [5, 5.41) is 11.6. The molecule has 10 heteroatoms. The second kappa shape index (κ2) is 7.37. The summed E-state index contributed by atoms with van der Waals surface area (Å²) < 4.78 is 29.5. The van der Waals surface area contributed by atoms with Crippen LogP contribution in [0, 0.1) is 0 Å². The number of nitrogens with zero attached hydrogens (tertiary/aromatic N) is 1. The van der Waals surface area contributed by atoms with Crippen LogP contribution in [0.3, 0.4) is 0 Å². The Bertz CT molecular complexity index is 659. The summed E-state index contributed by atoms with van der Waals surface area (Å²) in [6.07, 6.45) is 1.10. The molecular weight excluding hydrogens is 446 g/mol. The maximum Gasteiger partial charge on any atom is 0.387 e. The van der Waals surface area contributed by atoms with Crippen molar-refractivity contribution in [2.45, 2.75) is 6.61 Å². The fraction of sp³-hybridized carbons (Fsp3) is 0.231. The number of amides is 2. The molecule has 1 heterocycles. The number of anilines is 1. The van der Waals surface area contributed by atoms with E-state index in [1.807, 2.05) is 0 Å². The van der Waals surface area contributed by atoms with Crippen LogP contribution in [-0.2, 0) is 9.59 Å². The molecule has 1 aliphatic rings. The molecule has 0 saturated heterocycles. The lowest BCUT2D eigenvalue weighted by Gasteiger charge is -2.15. The van der Waals surface area contributed by atoms with Crippen LogP contribution in [0.4, 0.5) is 14.5 Å². The van der Waals surface area contributed by atoms with Crippen LogP contribution in [0.15, 0.2) is 32.9 Å². The zero-order valence-electron chi connectivity index (χ0n) is 11.4. The van der Waals surface area contributed by atoms with Crippen LogP contribution in [0.2, 0.25) is 0 Å². The van der Waals surface area contributed by atoms with Gasteiger partial charge in [-0.3, -0.25) is 14.5 Å². The maximum atomic E-state index is 12.2. The minimum atomic E-state index is -2.96. The highest BCUT2D eigenvalue weighted by Gasteiger charge is 2.31. The minimum absolute atomic E-state index is 0.00683.